The van der Waals surface area contributed by atoms with E-state index in [0.717, 1.165) is 6.07 Å². The minimum absolute atomic E-state index is 0.106. The van der Waals surface area contributed by atoms with Gasteiger partial charge in [0.05, 0.1) is 5.69 Å². The first-order valence-electron chi connectivity index (χ1n) is 6.13. The molecule has 8 heteroatoms. The number of hydrogen-bond donors (Lipinski definition) is 1. The number of nitrogen functional groups attached to an aromatic ring is 1. The third-order valence-electron chi connectivity index (χ3n) is 3.44. The van der Waals surface area contributed by atoms with Crippen LogP contribution < -0.4 is 5.73 Å². The molecule has 4 nitrogen and oxygen atoms in total. The first kappa shape index (κ1) is 15.9. The minimum Gasteiger partial charge on any atom is -0.396 e. The zero-order valence-electron chi connectivity index (χ0n) is 11.1. The largest absolute Gasteiger partial charge is 0.396 e. The lowest BCUT2D eigenvalue weighted by atomic mass is 10.2. The van der Waals surface area contributed by atoms with E-state index in [1.165, 1.54) is 10.4 Å². The molecule has 1 aromatic rings. The Hall–Kier alpha value is -0.500. The first-order chi connectivity index (χ1) is 9.25. The number of hydrogen-bond acceptors (Lipinski definition) is 4. The van der Waals surface area contributed by atoms with E-state index in [-0.39, 0.29) is 22.0 Å². The Morgan fingerprint density at radius 2 is 2.10 bits per heavy atom. The SMILES string of the molecule is CC1SCCN(S(=O)(=O)c2cc(Cl)cc(N)c2F)C1C. The van der Waals surface area contributed by atoms with Gasteiger partial charge in [-0.15, -0.1) is 0 Å². The molecule has 20 heavy (non-hydrogen) atoms. The number of rotatable bonds is 2. The lowest BCUT2D eigenvalue weighted by Crippen LogP contribution is -2.48. The summed E-state index contributed by atoms with van der Waals surface area (Å²) in [6.07, 6.45) is 0. The summed E-state index contributed by atoms with van der Waals surface area (Å²) in [5.74, 6) is -0.255. The molecule has 2 rings (SSSR count). The third kappa shape index (κ3) is 2.77. The second-order valence-corrected chi connectivity index (χ2v) is 8.52. The van der Waals surface area contributed by atoms with Crippen molar-refractivity contribution >= 4 is 39.1 Å². The van der Waals surface area contributed by atoms with Crippen molar-refractivity contribution in [3.63, 3.8) is 0 Å². The van der Waals surface area contributed by atoms with E-state index in [1.807, 2.05) is 13.8 Å². The van der Waals surface area contributed by atoms with Crippen LogP contribution in [0.2, 0.25) is 5.02 Å². The van der Waals surface area contributed by atoms with Gasteiger partial charge in [-0.25, -0.2) is 12.8 Å². The average Bonchev–Trinajstić information content (AvgIpc) is 2.36. The Balaban J connectivity index is 2.50. The molecule has 2 atom stereocenters. The predicted molar refractivity (Wildman–Crippen MR) is 81.1 cm³/mol. The maximum atomic E-state index is 14.1. The summed E-state index contributed by atoms with van der Waals surface area (Å²) in [5.41, 5.74) is 5.20. The summed E-state index contributed by atoms with van der Waals surface area (Å²) in [6, 6.07) is 2.11. The van der Waals surface area contributed by atoms with Crippen LogP contribution in [-0.2, 0) is 10.0 Å². The molecule has 0 aromatic heterocycles. The number of thioether (sulfide) groups is 1. The summed E-state index contributed by atoms with van der Waals surface area (Å²) in [4.78, 5) is -0.451. The Kier molecular flexibility index (Phi) is 4.53. The van der Waals surface area contributed by atoms with E-state index < -0.39 is 20.7 Å². The molecular formula is C12H16ClFN2O2S2. The van der Waals surface area contributed by atoms with Crippen LogP contribution in [0.1, 0.15) is 13.8 Å². The van der Waals surface area contributed by atoms with Crippen molar-refractivity contribution in [2.75, 3.05) is 18.0 Å². The number of sulfonamides is 1. The maximum Gasteiger partial charge on any atom is 0.246 e. The van der Waals surface area contributed by atoms with Crippen molar-refractivity contribution in [3.05, 3.63) is 23.0 Å². The van der Waals surface area contributed by atoms with E-state index >= 15 is 0 Å². The van der Waals surface area contributed by atoms with E-state index in [1.54, 1.807) is 11.8 Å². The molecule has 1 aromatic carbocycles. The molecular weight excluding hydrogens is 323 g/mol. The number of nitrogens with two attached hydrogens (primary N) is 1. The second kappa shape index (κ2) is 5.71. The number of nitrogens with zero attached hydrogens (tertiary/aromatic N) is 1. The monoisotopic (exact) mass is 338 g/mol. The lowest BCUT2D eigenvalue weighted by molar-refractivity contribution is 0.338. The molecule has 0 amide bonds. The standard InChI is InChI=1S/C12H16ClFN2O2S2/c1-7-8(2)19-4-3-16(7)20(17,18)11-6-9(13)5-10(15)12(11)14/h5-8H,3-4,15H2,1-2H3. The molecule has 0 bridgehead atoms. The molecule has 1 fully saturated rings. The molecule has 1 aliphatic rings. The summed E-state index contributed by atoms with van der Waals surface area (Å²) in [5, 5.41) is 0.257. The molecule has 1 aliphatic heterocycles. The van der Waals surface area contributed by atoms with Gasteiger partial charge in [-0.1, -0.05) is 18.5 Å². The van der Waals surface area contributed by atoms with Crippen LogP contribution in [0.3, 0.4) is 0 Å². The van der Waals surface area contributed by atoms with Crippen LogP contribution in [0.25, 0.3) is 0 Å². The summed E-state index contributed by atoms with van der Waals surface area (Å²) < 4.78 is 40.6. The molecule has 0 aliphatic carbocycles. The Bertz CT molecular complexity index is 624. The van der Waals surface area contributed by atoms with Crippen LogP contribution in [0.5, 0.6) is 0 Å². The Morgan fingerprint density at radius 3 is 2.75 bits per heavy atom. The third-order valence-corrected chi connectivity index (χ3v) is 6.99. The van der Waals surface area contributed by atoms with Gasteiger partial charge < -0.3 is 5.73 Å². The van der Waals surface area contributed by atoms with Gasteiger partial charge in [-0.05, 0) is 19.1 Å². The fraction of sp³-hybridized carbons (Fsp3) is 0.500. The van der Waals surface area contributed by atoms with Crippen molar-refractivity contribution in [2.45, 2.75) is 30.0 Å². The van der Waals surface area contributed by atoms with Crippen molar-refractivity contribution in [2.24, 2.45) is 0 Å². The number of anilines is 1. The summed E-state index contributed by atoms with van der Waals surface area (Å²) >= 11 is 7.50. The smallest absolute Gasteiger partial charge is 0.246 e. The fourth-order valence-corrected chi connectivity index (χ4v) is 5.55. The van der Waals surface area contributed by atoms with E-state index in [2.05, 4.69) is 0 Å². The van der Waals surface area contributed by atoms with Gasteiger partial charge in [0.15, 0.2) is 5.82 Å². The minimum atomic E-state index is -3.94. The highest BCUT2D eigenvalue weighted by Crippen LogP contribution is 2.32. The molecule has 1 saturated heterocycles. The van der Waals surface area contributed by atoms with Crippen LogP contribution >= 0.6 is 23.4 Å². The normalized spacial score (nSPS) is 24.8. The molecule has 1 heterocycles. The molecule has 2 unspecified atom stereocenters. The van der Waals surface area contributed by atoms with Gasteiger partial charge in [0.2, 0.25) is 10.0 Å². The summed E-state index contributed by atoms with van der Waals surface area (Å²) in [6.45, 7) is 4.13. The van der Waals surface area contributed by atoms with Gasteiger partial charge in [0, 0.05) is 28.6 Å². The Morgan fingerprint density at radius 1 is 1.45 bits per heavy atom. The highest BCUT2D eigenvalue weighted by molar-refractivity contribution is 8.00. The maximum absolute atomic E-state index is 14.1. The summed E-state index contributed by atoms with van der Waals surface area (Å²) in [7, 11) is -3.94. The molecule has 112 valence electrons. The van der Waals surface area contributed by atoms with Crippen molar-refractivity contribution in [3.8, 4) is 0 Å². The van der Waals surface area contributed by atoms with E-state index in [0.29, 0.717) is 12.3 Å². The zero-order chi connectivity index (χ0) is 15.1. The van der Waals surface area contributed by atoms with Crippen molar-refractivity contribution in [1.82, 2.24) is 4.31 Å². The van der Waals surface area contributed by atoms with E-state index in [9.17, 15) is 12.8 Å². The highest BCUT2D eigenvalue weighted by atomic mass is 35.5. The first-order valence-corrected chi connectivity index (χ1v) is 8.99. The quantitative estimate of drug-likeness (QED) is 0.842. The zero-order valence-corrected chi connectivity index (χ0v) is 13.5. The lowest BCUT2D eigenvalue weighted by Gasteiger charge is -2.36. The van der Waals surface area contributed by atoms with Crippen LogP contribution in [0.15, 0.2) is 17.0 Å². The number of benzene rings is 1. The molecule has 0 spiro atoms. The van der Waals surface area contributed by atoms with Crippen LogP contribution in [0.4, 0.5) is 10.1 Å². The molecule has 2 N–H and O–H groups in total. The van der Waals surface area contributed by atoms with Crippen molar-refractivity contribution < 1.29 is 12.8 Å². The fourth-order valence-electron chi connectivity index (χ4n) is 2.14. The van der Waals surface area contributed by atoms with Crippen molar-refractivity contribution in [1.29, 1.82) is 0 Å². The van der Waals surface area contributed by atoms with Crippen LogP contribution in [-0.4, -0.2) is 36.3 Å². The number of halogens is 2. The average molecular weight is 339 g/mol. The van der Waals surface area contributed by atoms with Gasteiger partial charge >= 0.3 is 0 Å². The predicted octanol–water partition coefficient (Wildman–Crippen LogP) is 2.58. The second-order valence-electron chi connectivity index (χ2n) is 4.74. The van der Waals surface area contributed by atoms with Gasteiger partial charge in [0.1, 0.15) is 4.90 Å². The van der Waals surface area contributed by atoms with Gasteiger partial charge in [-0.3, -0.25) is 0 Å². The molecule has 0 radical (unpaired) electrons. The molecule has 0 saturated carbocycles. The van der Waals surface area contributed by atoms with Gasteiger partial charge in [-0.2, -0.15) is 16.1 Å². The van der Waals surface area contributed by atoms with E-state index in [4.69, 9.17) is 17.3 Å². The van der Waals surface area contributed by atoms with Gasteiger partial charge in [0.25, 0.3) is 0 Å². The van der Waals surface area contributed by atoms with Crippen LogP contribution in [0, 0.1) is 5.82 Å². The topological polar surface area (TPSA) is 63.4 Å². The highest BCUT2D eigenvalue weighted by Gasteiger charge is 2.36. The Labute approximate surface area is 127 Å².